The minimum Gasteiger partial charge on any atom is -0.375 e. The lowest BCUT2D eigenvalue weighted by molar-refractivity contribution is -0.136. The van der Waals surface area contributed by atoms with Gasteiger partial charge in [-0.1, -0.05) is 78.3 Å². The molecule has 1 atom stereocenters. The molecule has 1 heterocycles. The van der Waals surface area contributed by atoms with Gasteiger partial charge in [0.2, 0.25) is 0 Å². The Hall–Kier alpha value is -2.62. The summed E-state index contributed by atoms with van der Waals surface area (Å²) in [7, 11) is 0. The van der Waals surface area contributed by atoms with Gasteiger partial charge in [-0.25, -0.2) is 0 Å². The molecule has 1 unspecified atom stereocenters. The van der Waals surface area contributed by atoms with Crippen LogP contribution in [0.15, 0.2) is 78.9 Å². The van der Waals surface area contributed by atoms with Crippen LogP contribution in [0.5, 0.6) is 0 Å². The van der Waals surface area contributed by atoms with E-state index in [1.54, 1.807) is 4.90 Å². The Morgan fingerprint density at radius 1 is 0.889 bits per heavy atom. The molecule has 4 rings (SSSR count). The number of aryl methyl sites for hydroxylation is 1. The lowest BCUT2D eigenvalue weighted by atomic mass is 9.89. The predicted molar refractivity (Wildman–Crippen MR) is 108 cm³/mol. The molecular weight excluding hydrogens is 358 g/mol. The maximum atomic E-state index is 13.3. The summed E-state index contributed by atoms with van der Waals surface area (Å²) in [6.07, 6.45) is 0.962. The van der Waals surface area contributed by atoms with Crippen LogP contribution < -0.4 is 4.90 Å². The number of nitrogens with zero attached hydrogens (tertiary/aromatic N) is 1. The quantitative estimate of drug-likeness (QED) is 0.699. The summed E-state index contributed by atoms with van der Waals surface area (Å²) in [6, 6.07) is 24.8. The average molecular weight is 378 g/mol. The predicted octanol–water partition coefficient (Wildman–Crippen LogP) is 4.71. The maximum Gasteiger partial charge on any atom is 0.264 e. The van der Waals surface area contributed by atoms with E-state index in [-0.39, 0.29) is 5.91 Å². The molecule has 3 aromatic carbocycles. The van der Waals surface area contributed by atoms with Gasteiger partial charge in [0.1, 0.15) is 0 Å². The zero-order chi connectivity index (χ0) is 18.9. The minimum absolute atomic E-state index is 0.292. The number of para-hydroxylation sites is 1. The van der Waals surface area contributed by atoms with E-state index in [1.807, 2.05) is 78.9 Å². The first-order chi connectivity index (χ1) is 13.1. The summed E-state index contributed by atoms with van der Waals surface area (Å²) in [5.41, 5.74) is 1.85. The van der Waals surface area contributed by atoms with Gasteiger partial charge in [0.25, 0.3) is 5.91 Å². The van der Waals surface area contributed by atoms with Crippen LogP contribution in [0.1, 0.15) is 23.1 Å². The fraction of sp³-hybridized carbons (Fsp3) is 0.174. The molecule has 4 heteroatoms. The van der Waals surface area contributed by atoms with Crippen LogP contribution in [0.3, 0.4) is 0 Å². The molecule has 1 amide bonds. The fourth-order valence-corrected chi connectivity index (χ4v) is 3.87. The number of carbonyl (C=O) groups excluding carboxylic acids is 1. The molecule has 136 valence electrons. The Balaban J connectivity index is 1.66. The first kappa shape index (κ1) is 17.8. The number of rotatable bonds is 5. The summed E-state index contributed by atoms with van der Waals surface area (Å²) in [5.74, 6) is -0.292. The lowest BCUT2D eigenvalue weighted by Crippen LogP contribution is -2.40. The topological polar surface area (TPSA) is 40.5 Å². The van der Waals surface area contributed by atoms with Crippen molar-refractivity contribution in [3.63, 3.8) is 0 Å². The van der Waals surface area contributed by atoms with Crippen molar-refractivity contribution in [3.8, 4) is 0 Å². The highest BCUT2D eigenvalue weighted by molar-refractivity contribution is 6.31. The Morgan fingerprint density at radius 3 is 2.33 bits per heavy atom. The van der Waals surface area contributed by atoms with E-state index >= 15 is 0 Å². The first-order valence-electron chi connectivity index (χ1n) is 9.01. The number of hydrogen-bond acceptors (Lipinski definition) is 2. The van der Waals surface area contributed by atoms with E-state index in [0.29, 0.717) is 30.0 Å². The first-order valence-corrected chi connectivity index (χ1v) is 9.38. The van der Waals surface area contributed by atoms with Crippen molar-refractivity contribution in [2.24, 2.45) is 0 Å². The standard InChI is InChI=1S/C23H20ClNO2/c24-20-12-6-4-10-18(20)16-25-21-13-7-5-11-19(21)23(27,22(25)26)15-14-17-8-2-1-3-9-17/h1-13,27H,14-16H2. The third kappa shape index (κ3) is 3.25. The van der Waals surface area contributed by atoms with Crippen molar-refractivity contribution in [1.82, 2.24) is 0 Å². The maximum absolute atomic E-state index is 13.3. The molecule has 0 saturated heterocycles. The van der Waals surface area contributed by atoms with Gasteiger partial charge in [0.15, 0.2) is 5.60 Å². The van der Waals surface area contributed by atoms with Gasteiger partial charge in [-0.2, -0.15) is 0 Å². The Labute approximate surface area is 163 Å². The van der Waals surface area contributed by atoms with Crippen LogP contribution in [0.2, 0.25) is 5.02 Å². The molecule has 1 N–H and O–H groups in total. The molecule has 1 aliphatic heterocycles. The van der Waals surface area contributed by atoms with Gasteiger partial charge in [-0.3, -0.25) is 4.79 Å². The molecule has 0 radical (unpaired) electrons. The molecule has 0 aromatic heterocycles. The van der Waals surface area contributed by atoms with E-state index in [1.165, 1.54) is 0 Å². The average Bonchev–Trinajstić information content (AvgIpc) is 2.91. The molecule has 1 aliphatic rings. The number of anilines is 1. The second-order valence-electron chi connectivity index (χ2n) is 6.85. The van der Waals surface area contributed by atoms with E-state index in [2.05, 4.69) is 0 Å². The van der Waals surface area contributed by atoms with Gasteiger partial charge < -0.3 is 10.0 Å². The van der Waals surface area contributed by atoms with Crippen LogP contribution in [0.25, 0.3) is 0 Å². The van der Waals surface area contributed by atoms with Gasteiger partial charge >= 0.3 is 0 Å². The van der Waals surface area contributed by atoms with Gasteiger partial charge in [-0.15, -0.1) is 0 Å². The van der Waals surface area contributed by atoms with Gasteiger partial charge in [-0.05, 0) is 36.1 Å². The van der Waals surface area contributed by atoms with E-state index in [9.17, 15) is 9.90 Å². The molecule has 3 nitrogen and oxygen atoms in total. The SMILES string of the molecule is O=C1N(Cc2ccccc2Cl)c2ccccc2C1(O)CCc1ccccc1. The number of fused-ring (bicyclic) bond motifs is 1. The number of amides is 1. The van der Waals surface area contributed by atoms with Crippen molar-refractivity contribution >= 4 is 23.2 Å². The zero-order valence-corrected chi connectivity index (χ0v) is 15.6. The summed E-state index contributed by atoms with van der Waals surface area (Å²) in [6.45, 7) is 0.336. The molecule has 27 heavy (non-hydrogen) atoms. The normalized spacial score (nSPS) is 18.6. The minimum atomic E-state index is -1.52. The smallest absolute Gasteiger partial charge is 0.264 e. The van der Waals surface area contributed by atoms with E-state index in [0.717, 1.165) is 16.8 Å². The molecule has 0 spiro atoms. The number of aliphatic hydroxyl groups is 1. The van der Waals surface area contributed by atoms with Crippen LogP contribution in [0, 0.1) is 0 Å². The van der Waals surface area contributed by atoms with Crippen LogP contribution in [-0.4, -0.2) is 11.0 Å². The van der Waals surface area contributed by atoms with Gasteiger partial charge in [0.05, 0.1) is 12.2 Å². The summed E-state index contributed by atoms with van der Waals surface area (Å²) < 4.78 is 0. The highest BCUT2D eigenvalue weighted by atomic mass is 35.5. The van der Waals surface area contributed by atoms with Crippen molar-refractivity contribution in [2.75, 3.05) is 4.90 Å². The van der Waals surface area contributed by atoms with E-state index in [4.69, 9.17) is 11.6 Å². The molecule has 0 fully saturated rings. The Morgan fingerprint density at radius 2 is 1.56 bits per heavy atom. The molecule has 0 aliphatic carbocycles. The van der Waals surface area contributed by atoms with Crippen molar-refractivity contribution < 1.29 is 9.90 Å². The second kappa shape index (κ2) is 7.18. The second-order valence-corrected chi connectivity index (χ2v) is 7.25. The molecular formula is C23H20ClNO2. The Bertz CT molecular complexity index is 973. The number of halogens is 1. The van der Waals surface area contributed by atoms with E-state index < -0.39 is 5.60 Å². The Kier molecular flexibility index (Phi) is 4.73. The fourth-order valence-electron chi connectivity index (χ4n) is 3.67. The number of hydrogen-bond donors (Lipinski definition) is 1. The van der Waals surface area contributed by atoms with Crippen molar-refractivity contribution in [1.29, 1.82) is 0 Å². The van der Waals surface area contributed by atoms with Crippen molar-refractivity contribution in [2.45, 2.75) is 25.0 Å². The molecule has 0 saturated carbocycles. The van der Waals surface area contributed by atoms with Crippen LogP contribution >= 0.6 is 11.6 Å². The largest absolute Gasteiger partial charge is 0.375 e. The highest BCUT2D eigenvalue weighted by Crippen LogP contribution is 2.43. The summed E-state index contributed by atoms with van der Waals surface area (Å²) in [5, 5.41) is 12.0. The molecule has 0 bridgehead atoms. The lowest BCUT2D eigenvalue weighted by Gasteiger charge is -2.23. The van der Waals surface area contributed by atoms with Crippen molar-refractivity contribution in [3.05, 3.63) is 101 Å². The van der Waals surface area contributed by atoms with Crippen LogP contribution in [0.4, 0.5) is 5.69 Å². The number of carbonyl (C=O) groups is 1. The monoisotopic (exact) mass is 377 g/mol. The zero-order valence-electron chi connectivity index (χ0n) is 14.8. The molecule has 3 aromatic rings. The summed E-state index contributed by atoms with van der Waals surface area (Å²) >= 11 is 6.29. The van der Waals surface area contributed by atoms with Gasteiger partial charge in [0, 0.05) is 10.6 Å². The third-order valence-electron chi connectivity index (χ3n) is 5.14. The van der Waals surface area contributed by atoms with Crippen LogP contribution in [-0.2, 0) is 23.4 Å². The third-order valence-corrected chi connectivity index (χ3v) is 5.51. The summed E-state index contributed by atoms with van der Waals surface area (Å²) in [4.78, 5) is 14.9. The number of benzene rings is 3. The highest BCUT2D eigenvalue weighted by Gasteiger charge is 2.49.